The largest absolute Gasteiger partial charge is 0.378 e. The number of hydrogen-bond donors (Lipinski definition) is 1. The summed E-state index contributed by atoms with van der Waals surface area (Å²) in [5.41, 5.74) is 5.13. The first-order chi connectivity index (χ1) is 9.65. The molecular formula is C18H24N2. The van der Waals surface area contributed by atoms with Crippen LogP contribution in [0.2, 0.25) is 0 Å². The molecule has 0 bridgehead atoms. The Morgan fingerprint density at radius 2 is 1.70 bits per heavy atom. The molecular weight excluding hydrogens is 244 g/mol. The molecule has 0 saturated carbocycles. The van der Waals surface area contributed by atoms with Crippen LogP contribution in [-0.4, -0.2) is 21.1 Å². The van der Waals surface area contributed by atoms with Crippen LogP contribution in [0.25, 0.3) is 11.1 Å². The molecule has 2 heteroatoms. The molecule has 0 heterocycles. The van der Waals surface area contributed by atoms with Crippen LogP contribution in [0.15, 0.2) is 48.5 Å². The first kappa shape index (κ1) is 14.6. The van der Waals surface area contributed by atoms with E-state index in [1.165, 1.54) is 22.4 Å². The molecule has 0 spiro atoms. The molecule has 0 radical (unpaired) electrons. The van der Waals surface area contributed by atoms with Crippen molar-refractivity contribution in [1.82, 2.24) is 5.32 Å². The Balaban J connectivity index is 2.30. The minimum atomic E-state index is 0.427. The maximum absolute atomic E-state index is 3.36. The third kappa shape index (κ3) is 3.20. The lowest BCUT2D eigenvalue weighted by Gasteiger charge is -2.16. The Kier molecular flexibility index (Phi) is 4.80. The molecule has 0 aliphatic rings. The second-order valence-electron chi connectivity index (χ2n) is 5.32. The predicted molar refractivity (Wildman–Crippen MR) is 88.3 cm³/mol. The summed E-state index contributed by atoms with van der Waals surface area (Å²) in [7, 11) is 6.15. The Morgan fingerprint density at radius 1 is 1.00 bits per heavy atom. The normalized spacial score (nSPS) is 12.2. The second-order valence-corrected chi connectivity index (χ2v) is 5.32. The van der Waals surface area contributed by atoms with Gasteiger partial charge in [0.2, 0.25) is 0 Å². The van der Waals surface area contributed by atoms with Gasteiger partial charge in [0.05, 0.1) is 0 Å². The summed E-state index contributed by atoms with van der Waals surface area (Å²) in [5.74, 6) is 0. The number of benzene rings is 2. The molecule has 1 atom stereocenters. The van der Waals surface area contributed by atoms with Crippen molar-refractivity contribution in [1.29, 1.82) is 0 Å². The van der Waals surface area contributed by atoms with Crippen LogP contribution < -0.4 is 10.2 Å². The van der Waals surface area contributed by atoms with Crippen molar-refractivity contribution in [3.63, 3.8) is 0 Å². The van der Waals surface area contributed by atoms with Crippen molar-refractivity contribution in [2.24, 2.45) is 0 Å². The number of hydrogen-bond acceptors (Lipinski definition) is 2. The van der Waals surface area contributed by atoms with E-state index in [0.29, 0.717) is 6.04 Å². The first-order valence-electron chi connectivity index (χ1n) is 7.20. The van der Waals surface area contributed by atoms with Gasteiger partial charge in [0.25, 0.3) is 0 Å². The standard InChI is InChI=1S/C18H24N2/c1-5-18(19-2)16-8-6-7-15(13-16)14-9-11-17(12-10-14)20(3)4/h6-13,18-19H,5H2,1-4H3. The first-order valence-corrected chi connectivity index (χ1v) is 7.20. The fraction of sp³-hybridized carbons (Fsp3) is 0.333. The molecule has 2 nitrogen and oxygen atoms in total. The number of rotatable bonds is 5. The van der Waals surface area contributed by atoms with E-state index in [4.69, 9.17) is 0 Å². The fourth-order valence-corrected chi connectivity index (χ4v) is 2.49. The summed E-state index contributed by atoms with van der Waals surface area (Å²) in [6.07, 6.45) is 1.10. The van der Waals surface area contributed by atoms with Gasteiger partial charge in [-0.2, -0.15) is 0 Å². The third-order valence-corrected chi connectivity index (χ3v) is 3.76. The summed E-state index contributed by atoms with van der Waals surface area (Å²) >= 11 is 0. The minimum absolute atomic E-state index is 0.427. The van der Waals surface area contributed by atoms with Gasteiger partial charge in [0.15, 0.2) is 0 Å². The Labute approximate surface area is 122 Å². The molecule has 0 fully saturated rings. The molecule has 2 aromatic rings. The Hall–Kier alpha value is -1.80. The predicted octanol–water partition coefficient (Wildman–Crippen LogP) is 4.09. The van der Waals surface area contributed by atoms with Gasteiger partial charge in [0, 0.05) is 25.8 Å². The van der Waals surface area contributed by atoms with E-state index < -0.39 is 0 Å². The lowest BCUT2D eigenvalue weighted by molar-refractivity contribution is 0.577. The zero-order chi connectivity index (χ0) is 14.5. The zero-order valence-corrected chi connectivity index (χ0v) is 12.9. The summed E-state index contributed by atoms with van der Waals surface area (Å²) in [6.45, 7) is 2.21. The summed E-state index contributed by atoms with van der Waals surface area (Å²) in [6, 6.07) is 17.9. The van der Waals surface area contributed by atoms with E-state index in [0.717, 1.165) is 6.42 Å². The van der Waals surface area contributed by atoms with Crippen molar-refractivity contribution in [2.75, 3.05) is 26.0 Å². The quantitative estimate of drug-likeness (QED) is 0.878. The van der Waals surface area contributed by atoms with Crippen LogP contribution in [-0.2, 0) is 0 Å². The second kappa shape index (κ2) is 6.58. The molecule has 1 unspecified atom stereocenters. The minimum Gasteiger partial charge on any atom is -0.378 e. The highest BCUT2D eigenvalue weighted by Gasteiger charge is 2.07. The van der Waals surface area contributed by atoms with Crippen molar-refractivity contribution in [3.8, 4) is 11.1 Å². The van der Waals surface area contributed by atoms with E-state index in [-0.39, 0.29) is 0 Å². The van der Waals surface area contributed by atoms with E-state index in [2.05, 4.69) is 79.8 Å². The summed E-state index contributed by atoms with van der Waals surface area (Å²) in [5, 5.41) is 3.36. The lowest BCUT2D eigenvalue weighted by atomic mass is 9.98. The molecule has 1 N–H and O–H groups in total. The third-order valence-electron chi connectivity index (χ3n) is 3.76. The number of nitrogens with zero attached hydrogens (tertiary/aromatic N) is 1. The van der Waals surface area contributed by atoms with E-state index >= 15 is 0 Å². The maximum Gasteiger partial charge on any atom is 0.0361 e. The van der Waals surface area contributed by atoms with Crippen LogP contribution in [0.5, 0.6) is 0 Å². The van der Waals surface area contributed by atoms with Gasteiger partial charge in [-0.05, 0) is 48.4 Å². The van der Waals surface area contributed by atoms with E-state index in [1.807, 2.05) is 7.05 Å². The lowest BCUT2D eigenvalue weighted by Crippen LogP contribution is -2.15. The summed E-state index contributed by atoms with van der Waals surface area (Å²) < 4.78 is 0. The van der Waals surface area contributed by atoms with Gasteiger partial charge in [-0.3, -0.25) is 0 Å². The Morgan fingerprint density at radius 3 is 2.25 bits per heavy atom. The number of nitrogens with one attached hydrogen (secondary N) is 1. The SMILES string of the molecule is CCC(NC)c1cccc(-c2ccc(N(C)C)cc2)c1. The van der Waals surface area contributed by atoms with E-state index in [1.54, 1.807) is 0 Å². The van der Waals surface area contributed by atoms with Gasteiger partial charge < -0.3 is 10.2 Å². The fourth-order valence-electron chi connectivity index (χ4n) is 2.49. The average Bonchev–Trinajstić information content (AvgIpc) is 2.49. The summed E-state index contributed by atoms with van der Waals surface area (Å²) in [4.78, 5) is 2.12. The van der Waals surface area contributed by atoms with E-state index in [9.17, 15) is 0 Å². The van der Waals surface area contributed by atoms with Gasteiger partial charge >= 0.3 is 0 Å². The Bertz CT molecular complexity index is 540. The molecule has 0 saturated heterocycles. The highest BCUT2D eigenvalue weighted by atomic mass is 15.1. The van der Waals surface area contributed by atoms with Gasteiger partial charge in [-0.25, -0.2) is 0 Å². The van der Waals surface area contributed by atoms with Crippen molar-refractivity contribution in [2.45, 2.75) is 19.4 Å². The molecule has 0 aliphatic heterocycles. The molecule has 20 heavy (non-hydrogen) atoms. The van der Waals surface area contributed by atoms with Crippen LogP contribution >= 0.6 is 0 Å². The zero-order valence-electron chi connectivity index (χ0n) is 12.9. The highest BCUT2D eigenvalue weighted by Crippen LogP contribution is 2.26. The molecule has 0 amide bonds. The van der Waals surface area contributed by atoms with Crippen LogP contribution in [0, 0.1) is 0 Å². The molecule has 0 aromatic heterocycles. The molecule has 106 valence electrons. The van der Waals surface area contributed by atoms with Gasteiger partial charge in [0.1, 0.15) is 0 Å². The highest BCUT2D eigenvalue weighted by molar-refractivity contribution is 5.67. The van der Waals surface area contributed by atoms with Crippen molar-refractivity contribution < 1.29 is 0 Å². The monoisotopic (exact) mass is 268 g/mol. The number of anilines is 1. The molecule has 2 aromatic carbocycles. The topological polar surface area (TPSA) is 15.3 Å². The van der Waals surface area contributed by atoms with Crippen molar-refractivity contribution in [3.05, 3.63) is 54.1 Å². The van der Waals surface area contributed by atoms with Crippen LogP contribution in [0.3, 0.4) is 0 Å². The molecule has 0 aliphatic carbocycles. The smallest absolute Gasteiger partial charge is 0.0361 e. The van der Waals surface area contributed by atoms with Crippen LogP contribution in [0.1, 0.15) is 24.9 Å². The van der Waals surface area contributed by atoms with Gasteiger partial charge in [-0.15, -0.1) is 0 Å². The van der Waals surface area contributed by atoms with Gasteiger partial charge in [-0.1, -0.05) is 37.3 Å². The molecule has 2 rings (SSSR count). The van der Waals surface area contributed by atoms with Crippen molar-refractivity contribution >= 4 is 5.69 Å². The maximum atomic E-state index is 3.36. The average molecular weight is 268 g/mol. The van der Waals surface area contributed by atoms with Crippen LogP contribution in [0.4, 0.5) is 5.69 Å².